The average molecular weight is 696 g/mol. The number of allylic oxidation sites excluding steroid dienone is 4. The van der Waals surface area contributed by atoms with E-state index >= 15 is 0 Å². The van der Waals surface area contributed by atoms with Crippen LogP contribution in [0.15, 0.2) is 63.5 Å². The minimum absolute atomic E-state index is 0.0406. The molecular formula is C43H57N3O5. The van der Waals surface area contributed by atoms with E-state index in [0.29, 0.717) is 22.7 Å². The Hall–Kier alpha value is -4.20. The number of H-pyrrole nitrogens is 1. The highest BCUT2D eigenvalue weighted by atomic mass is 16.5. The lowest BCUT2D eigenvalue weighted by Crippen LogP contribution is -2.49. The molecule has 3 N–H and O–H groups in total. The largest absolute Gasteiger partial charge is 0.506 e. The number of esters is 1. The molecule has 1 fully saturated rings. The van der Waals surface area contributed by atoms with Crippen LogP contribution in [0.4, 0.5) is 5.82 Å². The van der Waals surface area contributed by atoms with Crippen molar-refractivity contribution in [1.82, 2.24) is 4.98 Å². The molecule has 2 heterocycles. The zero-order chi connectivity index (χ0) is 38.0. The lowest BCUT2D eigenvalue weighted by Gasteiger charge is -2.50. The molecule has 1 amide bonds. The van der Waals surface area contributed by atoms with Crippen molar-refractivity contribution in [3.8, 4) is 11.1 Å². The summed E-state index contributed by atoms with van der Waals surface area (Å²) in [5.74, 6) is -0.704. The molecule has 8 heteroatoms. The van der Waals surface area contributed by atoms with E-state index in [2.05, 4.69) is 63.8 Å². The molecule has 0 spiro atoms. The van der Waals surface area contributed by atoms with Crippen molar-refractivity contribution in [3.63, 3.8) is 0 Å². The van der Waals surface area contributed by atoms with Gasteiger partial charge in [0.15, 0.2) is 0 Å². The Labute approximate surface area is 303 Å². The number of Topliss-reactive ketones (excluding diaryl/α,β-unsaturated/α-hetero) is 1. The molecular weight excluding hydrogens is 638 g/mol. The Morgan fingerprint density at radius 3 is 1.98 bits per heavy atom. The first-order valence-corrected chi connectivity index (χ1v) is 18.4. The summed E-state index contributed by atoms with van der Waals surface area (Å²) >= 11 is 0. The summed E-state index contributed by atoms with van der Waals surface area (Å²) in [5.41, 5.74) is 3.74. The van der Waals surface area contributed by atoms with Crippen LogP contribution in [0.25, 0.3) is 16.7 Å². The van der Waals surface area contributed by atoms with E-state index in [1.807, 2.05) is 51.1 Å². The number of hydrogen-bond acceptors (Lipinski definition) is 6. The molecule has 2 aliphatic carbocycles. The van der Waals surface area contributed by atoms with Crippen molar-refractivity contribution in [3.05, 3.63) is 69.8 Å². The highest BCUT2D eigenvalue weighted by Gasteiger charge is 2.49. The van der Waals surface area contributed by atoms with Gasteiger partial charge in [-0.05, 0) is 66.6 Å². The summed E-state index contributed by atoms with van der Waals surface area (Å²) in [7, 11) is 0. The second-order valence-corrected chi connectivity index (χ2v) is 18.0. The van der Waals surface area contributed by atoms with Gasteiger partial charge in [-0.3, -0.25) is 14.6 Å². The maximum atomic E-state index is 14.9. The highest BCUT2D eigenvalue weighted by Crippen LogP contribution is 2.51. The van der Waals surface area contributed by atoms with Crippen LogP contribution in [0, 0.1) is 34.0 Å². The number of nitrogens with zero attached hydrogens (tertiary/aromatic N) is 1. The minimum atomic E-state index is -0.794. The van der Waals surface area contributed by atoms with Crippen LogP contribution in [0.5, 0.6) is 0 Å². The Kier molecular flexibility index (Phi) is 10.0. The number of aromatic nitrogens is 1. The number of ether oxygens (including phenoxy) is 1. The lowest BCUT2D eigenvalue weighted by atomic mass is 9.59. The van der Waals surface area contributed by atoms with Crippen molar-refractivity contribution < 1.29 is 24.2 Å². The fourth-order valence-corrected chi connectivity index (χ4v) is 8.08. The van der Waals surface area contributed by atoms with Crippen LogP contribution in [0.3, 0.4) is 0 Å². The van der Waals surface area contributed by atoms with Gasteiger partial charge >= 0.3 is 5.97 Å². The predicted molar refractivity (Wildman–Crippen MR) is 205 cm³/mol. The van der Waals surface area contributed by atoms with E-state index in [-0.39, 0.29) is 74.4 Å². The normalized spacial score (nSPS) is 24.5. The van der Waals surface area contributed by atoms with Gasteiger partial charge in [-0.1, -0.05) is 106 Å². The molecule has 0 bridgehead atoms. The first-order chi connectivity index (χ1) is 23.6. The van der Waals surface area contributed by atoms with Crippen molar-refractivity contribution in [2.45, 2.75) is 115 Å². The van der Waals surface area contributed by atoms with E-state index in [4.69, 9.17) is 4.74 Å². The number of aliphatic hydroxyl groups is 1. The standard InChI is InChI=1S/C43H57N3O5/c1-14-26-23(3)33(44-24(26)4)31-35(47)32(36(31)48)34-29(25-18-16-15-17-19-25)30(38(45-34)46-40(50)43(11,12)13)39(49)51-37-27(41(5,6)7)20-22(2)21-28(37)42(8,9)10/h15-19,22,27-28,37,45,47H,14,20-21H2,1-13H3,(H,46,50)/b33-31-. The molecule has 3 aliphatic rings. The Morgan fingerprint density at radius 2 is 1.51 bits per heavy atom. The minimum Gasteiger partial charge on any atom is -0.506 e. The number of hydrogen-bond donors (Lipinski definition) is 3. The third kappa shape index (κ3) is 7.03. The summed E-state index contributed by atoms with van der Waals surface area (Å²) in [4.78, 5) is 50.5. The van der Waals surface area contributed by atoms with Gasteiger partial charge in [-0.15, -0.1) is 0 Å². The second kappa shape index (κ2) is 13.4. The lowest BCUT2D eigenvalue weighted by molar-refractivity contribution is -0.123. The Bertz CT molecular complexity index is 1860. The van der Waals surface area contributed by atoms with Gasteiger partial charge < -0.3 is 20.1 Å². The predicted octanol–water partition coefficient (Wildman–Crippen LogP) is 10.3. The topological polar surface area (TPSA) is 121 Å². The van der Waals surface area contributed by atoms with Crippen molar-refractivity contribution in [2.24, 2.45) is 39.0 Å². The first-order valence-electron chi connectivity index (χ1n) is 18.4. The van der Waals surface area contributed by atoms with Crippen LogP contribution < -0.4 is 5.32 Å². The number of benzene rings is 1. The van der Waals surface area contributed by atoms with Crippen LogP contribution in [-0.4, -0.2) is 39.6 Å². The van der Waals surface area contributed by atoms with Crippen molar-refractivity contribution in [2.75, 3.05) is 5.32 Å². The van der Waals surface area contributed by atoms with E-state index in [1.54, 1.807) is 20.8 Å². The molecule has 2 atom stereocenters. The molecule has 2 aromatic rings. The molecule has 0 radical (unpaired) electrons. The van der Waals surface area contributed by atoms with Gasteiger partial charge in [0.25, 0.3) is 0 Å². The Balaban J connectivity index is 1.75. The Morgan fingerprint density at radius 1 is 0.941 bits per heavy atom. The fraction of sp³-hybridized carbons (Fsp3) is 0.535. The zero-order valence-electron chi connectivity index (χ0n) is 32.8. The molecule has 1 aliphatic heterocycles. The maximum absolute atomic E-state index is 14.9. The summed E-state index contributed by atoms with van der Waals surface area (Å²) < 4.78 is 6.72. The molecule has 8 nitrogen and oxygen atoms in total. The number of aliphatic imine (C=N–C) groups is 1. The van der Waals surface area contributed by atoms with Crippen LogP contribution in [-0.2, 0) is 14.3 Å². The number of amides is 1. The average Bonchev–Trinajstić information content (AvgIpc) is 3.51. The zero-order valence-corrected chi connectivity index (χ0v) is 32.8. The maximum Gasteiger partial charge on any atom is 0.342 e. The third-order valence-corrected chi connectivity index (χ3v) is 11.1. The number of carbonyl (C=O) groups excluding carboxylic acids is 3. The van der Waals surface area contributed by atoms with E-state index in [0.717, 1.165) is 36.1 Å². The molecule has 274 valence electrons. The molecule has 51 heavy (non-hydrogen) atoms. The van der Waals surface area contributed by atoms with Crippen molar-refractivity contribution >= 4 is 34.8 Å². The van der Waals surface area contributed by atoms with Crippen LogP contribution in [0.1, 0.15) is 125 Å². The van der Waals surface area contributed by atoms with Gasteiger partial charge in [0.1, 0.15) is 23.2 Å². The smallest absolute Gasteiger partial charge is 0.342 e. The summed E-state index contributed by atoms with van der Waals surface area (Å²) in [6, 6.07) is 9.27. The number of aliphatic hydroxyl groups excluding tert-OH is 1. The van der Waals surface area contributed by atoms with Crippen molar-refractivity contribution in [1.29, 1.82) is 0 Å². The molecule has 5 rings (SSSR count). The monoisotopic (exact) mass is 695 g/mol. The molecule has 1 aromatic heterocycles. The summed E-state index contributed by atoms with van der Waals surface area (Å²) in [6.45, 7) is 26.7. The molecule has 1 aromatic carbocycles. The highest BCUT2D eigenvalue weighted by molar-refractivity contribution is 6.40. The number of rotatable bonds is 6. The molecule has 1 saturated carbocycles. The van der Waals surface area contributed by atoms with Gasteiger partial charge in [-0.25, -0.2) is 4.79 Å². The molecule has 2 unspecified atom stereocenters. The fourth-order valence-electron chi connectivity index (χ4n) is 8.08. The summed E-state index contributed by atoms with van der Waals surface area (Å²) in [5, 5.41) is 14.6. The number of nitrogens with one attached hydrogen (secondary N) is 2. The number of aromatic amines is 1. The second-order valence-electron chi connectivity index (χ2n) is 18.0. The van der Waals surface area contributed by atoms with Gasteiger partial charge in [-0.2, -0.15) is 0 Å². The number of ketones is 1. The molecule has 0 saturated heterocycles. The number of anilines is 1. The van der Waals surface area contributed by atoms with Crippen LogP contribution in [0.2, 0.25) is 0 Å². The van der Waals surface area contributed by atoms with E-state index in [1.165, 1.54) is 0 Å². The number of carbonyl (C=O) groups is 3. The van der Waals surface area contributed by atoms with Gasteiger partial charge in [0.2, 0.25) is 11.7 Å². The SMILES string of the molecule is CCC1=C(C)/C(=C2/C(=O)C(c3[nH]c(NC(=O)C(C)(C)C)c(C(=O)OC4C(C(C)(C)C)CC(C)CC4C(C)(C)C)c3-c3ccccc3)=C2O)N=C1C. The summed E-state index contributed by atoms with van der Waals surface area (Å²) in [6.07, 6.45) is 2.22. The third-order valence-electron chi connectivity index (χ3n) is 11.1. The van der Waals surface area contributed by atoms with E-state index < -0.39 is 11.4 Å². The quantitative estimate of drug-likeness (QED) is 0.205. The van der Waals surface area contributed by atoms with Crippen LogP contribution >= 0.6 is 0 Å². The van der Waals surface area contributed by atoms with Gasteiger partial charge in [0.05, 0.1) is 22.5 Å². The van der Waals surface area contributed by atoms with E-state index in [9.17, 15) is 19.5 Å². The van der Waals surface area contributed by atoms with Gasteiger partial charge in [0, 0.05) is 28.5 Å². The first kappa shape index (κ1) is 38.0.